The molecule has 2 aromatic rings. The van der Waals surface area contributed by atoms with Crippen LogP contribution in [0, 0.1) is 5.92 Å². The first-order valence-electron chi connectivity index (χ1n) is 8.37. The molecule has 3 rings (SSSR count). The van der Waals surface area contributed by atoms with Crippen LogP contribution >= 0.6 is 0 Å². The maximum absolute atomic E-state index is 12.0. The van der Waals surface area contributed by atoms with Gasteiger partial charge in [-0.15, -0.1) is 0 Å². The Hall–Kier alpha value is -2.07. The van der Waals surface area contributed by atoms with Crippen molar-refractivity contribution in [1.82, 2.24) is 10.6 Å². The van der Waals surface area contributed by atoms with Crippen LogP contribution in [0.3, 0.4) is 0 Å². The summed E-state index contributed by atoms with van der Waals surface area (Å²) in [7, 11) is 0. The highest BCUT2D eigenvalue weighted by molar-refractivity contribution is 5.83. The van der Waals surface area contributed by atoms with Crippen molar-refractivity contribution in [2.75, 3.05) is 6.61 Å². The minimum Gasteiger partial charge on any atom is -0.396 e. The van der Waals surface area contributed by atoms with E-state index in [-0.39, 0.29) is 18.7 Å². The summed E-state index contributed by atoms with van der Waals surface area (Å²) < 4.78 is 0. The molecule has 0 radical (unpaired) electrons. The normalized spacial score (nSPS) is 21.1. The van der Waals surface area contributed by atoms with Gasteiger partial charge in [-0.05, 0) is 54.0 Å². The molecule has 1 aliphatic carbocycles. The first-order valence-corrected chi connectivity index (χ1v) is 8.37. The zero-order chi connectivity index (χ0) is 16.1. The molecule has 1 fully saturated rings. The second kappa shape index (κ2) is 7.47. The van der Waals surface area contributed by atoms with Gasteiger partial charge in [0, 0.05) is 19.2 Å². The van der Waals surface area contributed by atoms with E-state index in [4.69, 9.17) is 5.11 Å². The van der Waals surface area contributed by atoms with Crippen molar-refractivity contribution in [2.24, 2.45) is 5.92 Å². The third-order valence-electron chi connectivity index (χ3n) is 4.71. The van der Waals surface area contributed by atoms with Gasteiger partial charge < -0.3 is 15.7 Å². The maximum Gasteiger partial charge on any atom is 0.315 e. The van der Waals surface area contributed by atoms with Crippen LogP contribution < -0.4 is 10.6 Å². The number of amides is 2. The number of hydrogen-bond donors (Lipinski definition) is 3. The Morgan fingerprint density at radius 2 is 1.78 bits per heavy atom. The lowest BCUT2D eigenvalue weighted by Gasteiger charge is -2.27. The fraction of sp³-hybridized carbons (Fsp3) is 0.421. The van der Waals surface area contributed by atoms with Crippen LogP contribution in [0.5, 0.6) is 0 Å². The number of rotatable bonds is 4. The Morgan fingerprint density at radius 3 is 2.52 bits per heavy atom. The van der Waals surface area contributed by atoms with Gasteiger partial charge in [0.2, 0.25) is 0 Å². The lowest BCUT2D eigenvalue weighted by atomic mass is 9.87. The lowest BCUT2D eigenvalue weighted by Crippen LogP contribution is -2.43. The molecule has 4 nitrogen and oxygen atoms in total. The highest BCUT2D eigenvalue weighted by Gasteiger charge is 2.21. The molecular weight excluding hydrogens is 288 g/mol. The topological polar surface area (TPSA) is 61.4 Å². The molecule has 1 saturated carbocycles. The molecule has 3 N–H and O–H groups in total. The molecule has 122 valence electrons. The number of aliphatic hydroxyl groups is 1. The van der Waals surface area contributed by atoms with Crippen LogP contribution in [0.1, 0.15) is 31.2 Å². The van der Waals surface area contributed by atoms with E-state index in [1.165, 1.54) is 10.8 Å². The van der Waals surface area contributed by atoms with Gasteiger partial charge in [0.05, 0.1) is 0 Å². The number of hydrogen-bond acceptors (Lipinski definition) is 2. The zero-order valence-corrected chi connectivity index (χ0v) is 13.3. The molecule has 0 bridgehead atoms. The smallest absolute Gasteiger partial charge is 0.315 e. The predicted octanol–water partition coefficient (Wildman–Crippen LogP) is 3.19. The van der Waals surface area contributed by atoms with E-state index in [0.29, 0.717) is 12.5 Å². The molecule has 0 saturated heterocycles. The van der Waals surface area contributed by atoms with Crippen molar-refractivity contribution in [3.05, 3.63) is 48.0 Å². The van der Waals surface area contributed by atoms with E-state index in [9.17, 15) is 4.79 Å². The second-order valence-corrected chi connectivity index (χ2v) is 6.41. The summed E-state index contributed by atoms with van der Waals surface area (Å²) in [6.07, 6.45) is 3.89. The summed E-state index contributed by atoms with van der Waals surface area (Å²) in [6.45, 7) is 0.795. The van der Waals surface area contributed by atoms with E-state index in [2.05, 4.69) is 41.0 Å². The predicted molar refractivity (Wildman–Crippen MR) is 92.2 cm³/mol. The van der Waals surface area contributed by atoms with Crippen LogP contribution in [0.2, 0.25) is 0 Å². The molecule has 0 unspecified atom stereocenters. The van der Waals surface area contributed by atoms with Gasteiger partial charge in [-0.2, -0.15) is 0 Å². The molecule has 0 heterocycles. The number of fused-ring (bicyclic) bond motifs is 1. The second-order valence-electron chi connectivity index (χ2n) is 6.41. The van der Waals surface area contributed by atoms with Crippen molar-refractivity contribution < 1.29 is 9.90 Å². The zero-order valence-electron chi connectivity index (χ0n) is 13.3. The van der Waals surface area contributed by atoms with Gasteiger partial charge in [-0.3, -0.25) is 0 Å². The van der Waals surface area contributed by atoms with E-state index in [1.54, 1.807) is 0 Å². The van der Waals surface area contributed by atoms with Gasteiger partial charge in [-0.1, -0.05) is 36.4 Å². The summed E-state index contributed by atoms with van der Waals surface area (Å²) in [5.74, 6) is 0.411. The number of nitrogens with one attached hydrogen (secondary N) is 2. The van der Waals surface area contributed by atoms with Crippen LogP contribution in [-0.2, 0) is 6.54 Å². The van der Waals surface area contributed by atoms with Crippen molar-refractivity contribution >= 4 is 16.8 Å². The molecule has 0 aromatic heterocycles. The molecular formula is C19H24N2O2. The Balaban J connectivity index is 1.48. The first-order chi connectivity index (χ1) is 11.2. The Kier molecular flexibility index (Phi) is 5.13. The molecule has 0 spiro atoms. The summed E-state index contributed by atoms with van der Waals surface area (Å²) >= 11 is 0. The van der Waals surface area contributed by atoms with Crippen LogP contribution in [0.15, 0.2) is 42.5 Å². The minimum absolute atomic E-state index is 0.106. The number of urea groups is 1. The van der Waals surface area contributed by atoms with Crippen LogP contribution in [0.4, 0.5) is 4.79 Å². The van der Waals surface area contributed by atoms with Crippen molar-refractivity contribution in [3.8, 4) is 0 Å². The first kappa shape index (κ1) is 15.8. The third kappa shape index (κ3) is 4.23. The van der Waals surface area contributed by atoms with E-state index >= 15 is 0 Å². The molecule has 0 aliphatic heterocycles. The lowest BCUT2D eigenvalue weighted by molar-refractivity contribution is 0.174. The highest BCUT2D eigenvalue weighted by Crippen LogP contribution is 2.23. The van der Waals surface area contributed by atoms with Crippen molar-refractivity contribution in [3.63, 3.8) is 0 Å². The largest absolute Gasteiger partial charge is 0.396 e. The highest BCUT2D eigenvalue weighted by atomic mass is 16.3. The SMILES string of the molecule is O=C(NCc1ccc2ccccc2c1)NC1CCC(CO)CC1. The summed E-state index contributed by atoms with van der Waals surface area (Å²) in [5.41, 5.74) is 1.10. The quantitative estimate of drug-likeness (QED) is 0.812. The van der Waals surface area contributed by atoms with Gasteiger partial charge in [0.15, 0.2) is 0 Å². The number of carbonyl (C=O) groups excluding carboxylic acids is 1. The Labute approximate surface area is 136 Å². The summed E-state index contributed by atoms with van der Waals surface area (Å²) in [5, 5.41) is 17.5. The summed E-state index contributed by atoms with van der Waals surface area (Å²) in [4.78, 5) is 12.0. The van der Waals surface area contributed by atoms with Gasteiger partial charge in [-0.25, -0.2) is 4.79 Å². The molecule has 4 heteroatoms. The number of benzene rings is 2. The molecule has 0 atom stereocenters. The van der Waals surface area contributed by atoms with E-state index in [1.807, 2.05) is 12.1 Å². The number of carbonyl (C=O) groups is 1. The molecule has 1 aliphatic rings. The minimum atomic E-state index is -0.106. The van der Waals surface area contributed by atoms with Crippen molar-refractivity contribution in [1.29, 1.82) is 0 Å². The molecule has 2 amide bonds. The summed E-state index contributed by atoms with van der Waals surface area (Å²) in [6, 6.07) is 14.6. The van der Waals surface area contributed by atoms with Crippen LogP contribution in [0.25, 0.3) is 10.8 Å². The van der Waals surface area contributed by atoms with E-state index < -0.39 is 0 Å². The average Bonchev–Trinajstić information content (AvgIpc) is 2.60. The van der Waals surface area contributed by atoms with Crippen LogP contribution in [-0.4, -0.2) is 23.8 Å². The van der Waals surface area contributed by atoms with Gasteiger partial charge in [0.1, 0.15) is 0 Å². The maximum atomic E-state index is 12.0. The average molecular weight is 312 g/mol. The molecule has 2 aromatic carbocycles. The van der Waals surface area contributed by atoms with Gasteiger partial charge >= 0.3 is 6.03 Å². The number of aliphatic hydroxyl groups excluding tert-OH is 1. The third-order valence-corrected chi connectivity index (χ3v) is 4.71. The van der Waals surface area contributed by atoms with Crippen molar-refractivity contribution in [2.45, 2.75) is 38.3 Å². The fourth-order valence-corrected chi connectivity index (χ4v) is 3.26. The standard InChI is InChI=1S/C19H24N2O2/c22-13-14-6-9-18(10-7-14)21-19(23)20-12-15-5-8-16-3-1-2-4-17(16)11-15/h1-5,8,11,14,18,22H,6-7,9-10,12-13H2,(H2,20,21,23). The van der Waals surface area contributed by atoms with Gasteiger partial charge in [0.25, 0.3) is 0 Å². The molecule has 23 heavy (non-hydrogen) atoms. The monoisotopic (exact) mass is 312 g/mol. The Morgan fingerprint density at radius 1 is 1.04 bits per heavy atom. The fourth-order valence-electron chi connectivity index (χ4n) is 3.26. The Bertz CT molecular complexity index is 663. The van der Waals surface area contributed by atoms with E-state index in [0.717, 1.165) is 31.2 Å².